The van der Waals surface area contributed by atoms with E-state index in [1.54, 1.807) is 18.2 Å². The zero-order valence-corrected chi connectivity index (χ0v) is 15.7. The van der Waals surface area contributed by atoms with Crippen LogP contribution in [0.3, 0.4) is 0 Å². The van der Waals surface area contributed by atoms with Gasteiger partial charge in [-0.15, -0.1) is 0 Å². The van der Waals surface area contributed by atoms with Gasteiger partial charge in [-0.1, -0.05) is 31.7 Å². The highest BCUT2D eigenvalue weighted by Gasteiger charge is 2.30. The van der Waals surface area contributed by atoms with E-state index in [0.29, 0.717) is 30.8 Å². The number of ether oxygens (including phenoxy) is 2. The Labute approximate surface area is 160 Å². The smallest absolute Gasteiger partial charge is 0.308 e. The summed E-state index contributed by atoms with van der Waals surface area (Å²) >= 11 is 0. The van der Waals surface area contributed by atoms with E-state index in [4.69, 9.17) is 9.47 Å². The fourth-order valence-corrected chi connectivity index (χ4v) is 3.90. The van der Waals surface area contributed by atoms with Gasteiger partial charge in [0.15, 0.2) is 0 Å². The molecule has 2 N–H and O–H groups in total. The average Bonchev–Trinajstić information content (AvgIpc) is 3.16. The van der Waals surface area contributed by atoms with E-state index in [1.165, 1.54) is 0 Å². The minimum absolute atomic E-state index is 0.119. The number of benzene rings is 1. The van der Waals surface area contributed by atoms with Crippen molar-refractivity contribution in [1.29, 1.82) is 0 Å². The molecule has 1 aliphatic heterocycles. The lowest BCUT2D eigenvalue weighted by Gasteiger charge is -2.27. The van der Waals surface area contributed by atoms with E-state index < -0.39 is 11.9 Å². The van der Waals surface area contributed by atoms with Crippen molar-refractivity contribution in [2.45, 2.75) is 63.5 Å². The number of rotatable bonds is 6. The number of carbonyl (C=O) groups is 2. The fraction of sp³-hybridized carbons (Fsp3) is 0.619. The van der Waals surface area contributed by atoms with Crippen molar-refractivity contribution in [1.82, 2.24) is 5.32 Å². The average molecular weight is 375 g/mol. The van der Waals surface area contributed by atoms with Crippen molar-refractivity contribution in [3.05, 3.63) is 29.8 Å². The molecular weight excluding hydrogens is 346 g/mol. The van der Waals surface area contributed by atoms with Crippen LogP contribution in [-0.4, -0.2) is 42.3 Å². The predicted molar refractivity (Wildman–Crippen MR) is 101 cm³/mol. The van der Waals surface area contributed by atoms with Crippen LogP contribution in [-0.2, 0) is 9.53 Å². The summed E-state index contributed by atoms with van der Waals surface area (Å²) in [6, 6.07) is 6.72. The molecule has 1 aliphatic carbocycles. The molecule has 1 aromatic rings. The maximum absolute atomic E-state index is 12.7. The summed E-state index contributed by atoms with van der Waals surface area (Å²) in [6.07, 6.45) is 7.49. The third-order valence-electron chi connectivity index (χ3n) is 5.46. The predicted octanol–water partition coefficient (Wildman–Crippen LogP) is 3.40. The molecule has 0 aromatic heterocycles. The largest absolute Gasteiger partial charge is 0.491 e. The van der Waals surface area contributed by atoms with Crippen molar-refractivity contribution in [2.24, 2.45) is 5.92 Å². The Morgan fingerprint density at radius 2 is 1.93 bits per heavy atom. The van der Waals surface area contributed by atoms with Crippen LogP contribution < -0.4 is 10.1 Å². The summed E-state index contributed by atoms with van der Waals surface area (Å²) in [5.74, 6) is -0.955. The van der Waals surface area contributed by atoms with E-state index >= 15 is 0 Å². The van der Waals surface area contributed by atoms with Crippen molar-refractivity contribution in [3.8, 4) is 5.75 Å². The molecule has 1 saturated heterocycles. The lowest BCUT2D eigenvalue weighted by atomic mass is 9.86. The molecule has 1 saturated carbocycles. The monoisotopic (exact) mass is 375 g/mol. The molecule has 0 radical (unpaired) electrons. The Morgan fingerprint density at radius 1 is 1.11 bits per heavy atom. The zero-order chi connectivity index (χ0) is 19.1. The van der Waals surface area contributed by atoms with Gasteiger partial charge in [0.1, 0.15) is 12.4 Å². The molecule has 1 amide bonds. The first-order valence-electron chi connectivity index (χ1n) is 10.0. The molecule has 148 valence electrons. The third kappa shape index (κ3) is 5.70. The number of aliphatic carboxylic acids is 1. The van der Waals surface area contributed by atoms with Crippen LogP contribution in [0.4, 0.5) is 0 Å². The van der Waals surface area contributed by atoms with Crippen molar-refractivity contribution >= 4 is 11.9 Å². The Morgan fingerprint density at radius 3 is 2.67 bits per heavy atom. The summed E-state index contributed by atoms with van der Waals surface area (Å²) in [4.78, 5) is 24.3. The first-order chi connectivity index (χ1) is 13.1. The number of nitrogens with one attached hydrogen (secondary N) is 1. The quantitative estimate of drug-likeness (QED) is 0.796. The normalized spacial score (nSPS) is 26.0. The number of carbonyl (C=O) groups excluding carboxylic acids is 1. The standard InChI is InChI=1S/C21H29NO5/c23-20(22-19-11-4-2-1-3-10-18(19)21(24)25)15-7-5-8-16(13-15)27-14-17-9-6-12-26-17/h5,7-8,13,17-19H,1-4,6,9-12,14H2,(H,22,23)(H,24,25). The minimum Gasteiger partial charge on any atom is -0.491 e. The van der Waals surface area contributed by atoms with Gasteiger partial charge in [-0.3, -0.25) is 9.59 Å². The summed E-state index contributed by atoms with van der Waals surface area (Å²) in [5, 5.41) is 12.5. The van der Waals surface area contributed by atoms with Gasteiger partial charge < -0.3 is 19.9 Å². The van der Waals surface area contributed by atoms with Crippen LogP contribution in [0.15, 0.2) is 24.3 Å². The summed E-state index contributed by atoms with van der Waals surface area (Å²) < 4.78 is 11.3. The van der Waals surface area contributed by atoms with Crippen molar-refractivity contribution < 1.29 is 24.2 Å². The Bertz CT molecular complexity index is 641. The molecule has 3 atom stereocenters. The Hall–Kier alpha value is -2.08. The first-order valence-corrected chi connectivity index (χ1v) is 10.0. The van der Waals surface area contributed by atoms with Crippen molar-refractivity contribution in [2.75, 3.05) is 13.2 Å². The highest BCUT2D eigenvalue weighted by atomic mass is 16.5. The highest BCUT2D eigenvalue weighted by Crippen LogP contribution is 2.24. The van der Waals surface area contributed by atoms with Crippen molar-refractivity contribution in [3.63, 3.8) is 0 Å². The van der Waals surface area contributed by atoms with Gasteiger partial charge in [-0.05, 0) is 43.9 Å². The van der Waals surface area contributed by atoms with Gasteiger partial charge in [-0.2, -0.15) is 0 Å². The molecule has 27 heavy (non-hydrogen) atoms. The number of carboxylic acid groups (broad SMARTS) is 1. The van der Waals surface area contributed by atoms with Crippen LogP contribution in [0, 0.1) is 5.92 Å². The van der Waals surface area contributed by atoms with Crippen LogP contribution in [0.25, 0.3) is 0 Å². The van der Waals surface area contributed by atoms with E-state index in [2.05, 4.69) is 5.32 Å². The number of carboxylic acids is 1. The number of hydrogen-bond donors (Lipinski definition) is 2. The molecule has 2 aliphatic rings. The molecule has 3 unspecified atom stereocenters. The van der Waals surface area contributed by atoms with Gasteiger partial charge >= 0.3 is 5.97 Å². The van der Waals surface area contributed by atoms with Gasteiger partial charge in [0.2, 0.25) is 0 Å². The first kappa shape index (κ1) is 19.7. The molecule has 3 rings (SSSR count). The number of hydrogen-bond acceptors (Lipinski definition) is 4. The van der Waals surface area contributed by atoms with Gasteiger partial charge in [0, 0.05) is 18.2 Å². The van der Waals surface area contributed by atoms with Crippen LogP contribution in [0.1, 0.15) is 61.7 Å². The van der Waals surface area contributed by atoms with E-state index in [-0.39, 0.29) is 18.1 Å². The maximum Gasteiger partial charge on any atom is 0.308 e. The van der Waals surface area contributed by atoms with Crippen LogP contribution >= 0.6 is 0 Å². The maximum atomic E-state index is 12.7. The summed E-state index contributed by atoms with van der Waals surface area (Å²) in [5.41, 5.74) is 0.492. The molecule has 2 fully saturated rings. The summed E-state index contributed by atoms with van der Waals surface area (Å²) in [7, 11) is 0. The lowest BCUT2D eigenvalue weighted by Crippen LogP contribution is -2.43. The summed E-state index contributed by atoms with van der Waals surface area (Å²) in [6.45, 7) is 1.26. The van der Waals surface area contributed by atoms with Crippen LogP contribution in [0.2, 0.25) is 0 Å². The lowest BCUT2D eigenvalue weighted by molar-refractivity contribution is -0.143. The second-order valence-corrected chi connectivity index (χ2v) is 7.49. The van der Waals surface area contributed by atoms with E-state index in [9.17, 15) is 14.7 Å². The minimum atomic E-state index is -0.823. The Kier molecular flexibility index (Phi) is 7.10. The van der Waals surface area contributed by atoms with E-state index in [0.717, 1.165) is 45.1 Å². The molecule has 1 heterocycles. The molecule has 0 spiro atoms. The third-order valence-corrected chi connectivity index (χ3v) is 5.46. The van der Waals surface area contributed by atoms with Crippen LogP contribution in [0.5, 0.6) is 5.75 Å². The van der Waals surface area contributed by atoms with Gasteiger partial charge in [0.05, 0.1) is 12.0 Å². The number of amides is 1. The topological polar surface area (TPSA) is 84.9 Å². The Balaban J connectivity index is 1.61. The zero-order valence-electron chi connectivity index (χ0n) is 15.7. The second-order valence-electron chi connectivity index (χ2n) is 7.49. The second kappa shape index (κ2) is 9.74. The van der Waals surface area contributed by atoms with Gasteiger partial charge in [-0.25, -0.2) is 0 Å². The molecule has 6 heteroatoms. The highest BCUT2D eigenvalue weighted by molar-refractivity contribution is 5.95. The molecule has 1 aromatic carbocycles. The molecule has 0 bridgehead atoms. The SMILES string of the molecule is O=C(NC1CCCCCCC1C(=O)O)c1cccc(OCC2CCCO2)c1. The molecular formula is C21H29NO5. The van der Waals surface area contributed by atoms with E-state index in [1.807, 2.05) is 6.07 Å². The fourth-order valence-electron chi connectivity index (χ4n) is 3.90. The van der Waals surface area contributed by atoms with Gasteiger partial charge in [0.25, 0.3) is 5.91 Å². The molecule has 6 nitrogen and oxygen atoms in total.